The molecule has 3 fully saturated rings. The van der Waals surface area contributed by atoms with Crippen LogP contribution < -0.4 is 0 Å². The Morgan fingerprint density at radius 3 is 2.60 bits per heavy atom. The Labute approximate surface area is 91.4 Å². The van der Waals surface area contributed by atoms with Gasteiger partial charge in [0.1, 0.15) is 5.60 Å². The van der Waals surface area contributed by atoms with E-state index in [1.54, 1.807) is 0 Å². The lowest BCUT2D eigenvalue weighted by Crippen LogP contribution is -2.68. The highest BCUT2D eigenvalue weighted by Crippen LogP contribution is 2.65. The summed E-state index contributed by atoms with van der Waals surface area (Å²) in [5, 5.41) is 0. The third-order valence-electron chi connectivity index (χ3n) is 4.80. The molecule has 3 saturated carbocycles. The fourth-order valence-electron chi connectivity index (χ4n) is 3.55. The minimum atomic E-state index is -0.504. The van der Waals surface area contributed by atoms with Gasteiger partial charge in [0.2, 0.25) is 0 Å². The summed E-state index contributed by atoms with van der Waals surface area (Å²) in [6.45, 7) is 6.56. The van der Waals surface area contributed by atoms with Crippen LogP contribution in [0.1, 0.15) is 40.0 Å². The maximum absolute atomic E-state index is 11.3. The minimum absolute atomic E-state index is 0.0944. The van der Waals surface area contributed by atoms with Crippen molar-refractivity contribution in [2.24, 2.45) is 17.3 Å². The van der Waals surface area contributed by atoms with Crippen molar-refractivity contribution in [3.63, 3.8) is 0 Å². The van der Waals surface area contributed by atoms with Crippen molar-refractivity contribution in [3.8, 4) is 12.3 Å². The Morgan fingerprint density at radius 1 is 1.47 bits per heavy atom. The molecule has 3 rings (SSSR count). The van der Waals surface area contributed by atoms with E-state index in [1.807, 2.05) is 0 Å². The second kappa shape index (κ2) is 3.01. The van der Waals surface area contributed by atoms with Crippen molar-refractivity contribution >= 4 is 5.97 Å². The molecule has 2 nitrogen and oxygen atoms in total. The van der Waals surface area contributed by atoms with Crippen LogP contribution in [0.25, 0.3) is 0 Å². The van der Waals surface area contributed by atoms with Crippen LogP contribution in [0.2, 0.25) is 0 Å². The summed E-state index contributed by atoms with van der Waals surface area (Å²) in [6, 6.07) is 0. The molecule has 0 aromatic heterocycles. The van der Waals surface area contributed by atoms with E-state index >= 15 is 0 Å². The molecule has 3 atom stereocenters. The summed E-state index contributed by atoms with van der Waals surface area (Å²) in [7, 11) is 0. The van der Waals surface area contributed by atoms with Crippen LogP contribution >= 0.6 is 0 Å². The topological polar surface area (TPSA) is 26.3 Å². The van der Waals surface area contributed by atoms with E-state index in [2.05, 4.69) is 26.7 Å². The molecule has 0 aromatic rings. The van der Waals surface area contributed by atoms with Crippen molar-refractivity contribution in [2.75, 3.05) is 0 Å². The van der Waals surface area contributed by atoms with Gasteiger partial charge in [-0.15, -0.1) is 6.42 Å². The molecule has 0 N–H and O–H groups in total. The molecule has 3 unspecified atom stereocenters. The summed E-state index contributed by atoms with van der Waals surface area (Å²) >= 11 is 0. The molecule has 0 aromatic carbocycles. The van der Waals surface area contributed by atoms with Crippen molar-refractivity contribution < 1.29 is 9.53 Å². The molecule has 15 heavy (non-hydrogen) atoms. The van der Waals surface area contributed by atoms with Gasteiger partial charge in [0, 0.05) is 11.3 Å². The number of carbonyl (C=O) groups excluding carboxylic acids is 1. The fraction of sp³-hybridized carbons (Fsp3) is 0.769. The molecule has 0 aliphatic heterocycles. The molecule has 0 heterocycles. The molecular formula is C13H18O2. The molecule has 0 amide bonds. The van der Waals surface area contributed by atoms with E-state index in [4.69, 9.17) is 11.2 Å². The molecule has 0 spiro atoms. The number of rotatable bonds is 1. The maximum atomic E-state index is 11.3. The lowest BCUT2D eigenvalue weighted by molar-refractivity contribution is -0.263. The van der Waals surface area contributed by atoms with E-state index in [-0.39, 0.29) is 11.0 Å². The fourth-order valence-corrected chi connectivity index (χ4v) is 3.55. The van der Waals surface area contributed by atoms with Gasteiger partial charge in [-0.3, -0.25) is 0 Å². The van der Waals surface area contributed by atoms with E-state index in [0.29, 0.717) is 11.8 Å². The van der Waals surface area contributed by atoms with Crippen molar-refractivity contribution in [1.82, 2.24) is 0 Å². The third-order valence-corrected chi connectivity index (χ3v) is 4.80. The Balaban J connectivity index is 2.25. The standard InChI is InChI=1S/C13H18O2/c1-5-11(14)15-13-8-10(12(13,3)4)7-6-9(13)2/h1,9-10H,6-8H2,2-4H3. The van der Waals surface area contributed by atoms with Gasteiger partial charge in [-0.25, -0.2) is 4.79 Å². The first-order valence-corrected chi connectivity index (χ1v) is 5.63. The number of esters is 1. The Bertz CT molecular complexity index is 337. The summed E-state index contributed by atoms with van der Waals surface area (Å²) < 4.78 is 5.55. The van der Waals surface area contributed by atoms with E-state index in [9.17, 15) is 4.79 Å². The van der Waals surface area contributed by atoms with Gasteiger partial charge in [0.25, 0.3) is 0 Å². The molecular weight excluding hydrogens is 188 g/mol. The summed E-state index contributed by atoms with van der Waals surface area (Å²) in [5.74, 6) is 2.67. The van der Waals surface area contributed by atoms with Crippen molar-refractivity contribution in [1.29, 1.82) is 0 Å². The quantitative estimate of drug-likeness (QED) is 0.374. The first-order chi connectivity index (χ1) is 6.94. The minimum Gasteiger partial charge on any atom is -0.449 e. The highest BCUT2D eigenvalue weighted by Gasteiger charge is 2.67. The zero-order chi connectivity index (χ0) is 11.3. The Kier molecular flexibility index (Phi) is 2.12. The first kappa shape index (κ1) is 10.5. The zero-order valence-electron chi connectivity index (χ0n) is 9.67. The normalized spacial score (nSPS) is 41.2. The molecule has 2 bridgehead atoms. The highest BCUT2D eigenvalue weighted by atomic mass is 16.6. The average Bonchev–Trinajstić information content (AvgIpc) is 2.20. The average molecular weight is 206 g/mol. The number of ether oxygens (including phenoxy) is 1. The van der Waals surface area contributed by atoms with Gasteiger partial charge >= 0.3 is 5.97 Å². The van der Waals surface area contributed by atoms with Gasteiger partial charge in [-0.2, -0.15) is 0 Å². The van der Waals surface area contributed by atoms with Crippen molar-refractivity contribution in [3.05, 3.63) is 0 Å². The lowest BCUT2D eigenvalue weighted by atomic mass is 9.42. The molecule has 2 heteroatoms. The largest absolute Gasteiger partial charge is 0.449 e. The smallest absolute Gasteiger partial charge is 0.384 e. The summed E-state index contributed by atoms with van der Waals surface area (Å²) in [4.78, 5) is 11.3. The molecule has 3 aliphatic rings. The molecule has 0 radical (unpaired) electrons. The highest BCUT2D eigenvalue weighted by molar-refractivity contribution is 5.88. The van der Waals surface area contributed by atoms with E-state index in [1.165, 1.54) is 6.42 Å². The van der Waals surface area contributed by atoms with Crippen LogP contribution in [0.5, 0.6) is 0 Å². The lowest BCUT2D eigenvalue weighted by Gasteiger charge is -2.66. The second-order valence-electron chi connectivity index (χ2n) is 5.52. The van der Waals surface area contributed by atoms with Crippen LogP contribution in [0, 0.1) is 29.6 Å². The van der Waals surface area contributed by atoms with Crippen LogP contribution in [0.15, 0.2) is 0 Å². The molecule has 3 aliphatic carbocycles. The second-order valence-corrected chi connectivity index (χ2v) is 5.52. The first-order valence-electron chi connectivity index (χ1n) is 5.63. The number of hydrogen-bond acceptors (Lipinski definition) is 2. The van der Waals surface area contributed by atoms with Crippen LogP contribution in [0.3, 0.4) is 0 Å². The van der Waals surface area contributed by atoms with E-state index < -0.39 is 5.97 Å². The SMILES string of the molecule is C#CC(=O)OC12CC(CCC1C)C2(C)C. The number of fused-ring (bicyclic) bond motifs is 2. The summed E-state index contributed by atoms with van der Waals surface area (Å²) in [5.41, 5.74) is -0.198. The van der Waals surface area contributed by atoms with Gasteiger partial charge in [0.15, 0.2) is 0 Å². The number of carbonyl (C=O) groups is 1. The van der Waals surface area contributed by atoms with Gasteiger partial charge < -0.3 is 4.74 Å². The predicted molar refractivity (Wildman–Crippen MR) is 57.9 cm³/mol. The van der Waals surface area contributed by atoms with Gasteiger partial charge in [-0.05, 0) is 31.1 Å². The predicted octanol–water partition coefficient (Wildman–Crippen LogP) is 2.38. The number of hydrogen-bond donors (Lipinski definition) is 0. The van der Waals surface area contributed by atoms with Crippen LogP contribution in [-0.2, 0) is 9.53 Å². The van der Waals surface area contributed by atoms with Crippen LogP contribution in [0.4, 0.5) is 0 Å². The Hall–Kier alpha value is -0.970. The Morgan fingerprint density at radius 2 is 2.13 bits per heavy atom. The molecule has 0 saturated heterocycles. The monoisotopic (exact) mass is 206 g/mol. The third kappa shape index (κ3) is 1.16. The molecule has 82 valence electrons. The maximum Gasteiger partial charge on any atom is 0.384 e. The van der Waals surface area contributed by atoms with Gasteiger partial charge in [-0.1, -0.05) is 20.8 Å². The zero-order valence-corrected chi connectivity index (χ0v) is 9.67. The summed E-state index contributed by atoms with van der Waals surface area (Å²) in [6.07, 6.45) is 8.47. The number of terminal acetylenes is 1. The van der Waals surface area contributed by atoms with E-state index in [0.717, 1.165) is 12.8 Å². The van der Waals surface area contributed by atoms with Gasteiger partial charge in [0.05, 0.1) is 0 Å². The van der Waals surface area contributed by atoms with Crippen LogP contribution in [-0.4, -0.2) is 11.6 Å². The van der Waals surface area contributed by atoms with Crippen molar-refractivity contribution in [2.45, 2.75) is 45.6 Å².